The first-order valence-electron chi connectivity index (χ1n) is 5.45. The van der Waals surface area contributed by atoms with Crippen LogP contribution in [0.3, 0.4) is 0 Å². The van der Waals surface area contributed by atoms with Gasteiger partial charge in [-0.3, -0.25) is 0 Å². The molecular formula is C11H15N5O2. The first-order chi connectivity index (χ1) is 8.61. The normalized spacial score (nSPS) is 12.4. The number of rotatable bonds is 4. The molecule has 0 fully saturated rings. The molecule has 0 aliphatic carbocycles. The number of aliphatic hydroxyl groups excluding tert-OH is 1. The molecule has 1 aromatic heterocycles. The second kappa shape index (κ2) is 5.01. The average Bonchev–Trinajstić information content (AvgIpc) is 2.75. The molecule has 0 radical (unpaired) electrons. The van der Waals surface area contributed by atoms with Gasteiger partial charge < -0.3 is 15.6 Å². The highest BCUT2D eigenvalue weighted by atomic mass is 16.5. The molecule has 2 aromatic rings. The summed E-state index contributed by atoms with van der Waals surface area (Å²) in [6.45, 7) is 0. The van der Waals surface area contributed by atoms with Crippen molar-refractivity contribution in [3.63, 3.8) is 0 Å². The Bertz CT molecular complexity index is 540. The predicted molar refractivity (Wildman–Crippen MR) is 64.9 cm³/mol. The van der Waals surface area contributed by atoms with Crippen LogP contribution in [-0.4, -0.2) is 32.4 Å². The molecule has 1 aromatic carbocycles. The Labute approximate surface area is 104 Å². The number of aryl methyl sites for hydroxylation is 1. The van der Waals surface area contributed by atoms with Gasteiger partial charge in [-0.2, -0.15) is 4.80 Å². The van der Waals surface area contributed by atoms with Crippen molar-refractivity contribution in [3.8, 4) is 5.75 Å². The van der Waals surface area contributed by atoms with Gasteiger partial charge in [0.05, 0.1) is 25.9 Å². The Hall–Kier alpha value is -2.15. The second-order valence-corrected chi connectivity index (χ2v) is 3.88. The van der Waals surface area contributed by atoms with Crippen LogP contribution in [0, 0.1) is 0 Å². The van der Waals surface area contributed by atoms with Crippen LogP contribution in [-0.2, 0) is 13.5 Å². The Morgan fingerprint density at radius 1 is 1.50 bits per heavy atom. The van der Waals surface area contributed by atoms with Gasteiger partial charge in [0.1, 0.15) is 5.75 Å². The van der Waals surface area contributed by atoms with Crippen LogP contribution in [0.5, 0.6) is 5.75 Å². The van der Waals surface area contributed by atoms with E-state index in [-0.39, 0.29) is 6.42 Å². The van der Waals surface area contributed by atoms with Crippen LogP contribution in [0.25, 0.3) is 0 Å². The van der Waals surface area contributed by atoms with Crippen LogP contribution in [0.1, 0.15) is 17.5 Å². The maximum atomic E-state index is 10.1. The highest BCUT2D eigenvalue weighted by molar-refractivity contribution is 5.59. The smallest absolute Gasteiger partial charge is 0.177 e. The molecule has 0 saturated heterocycles. The number of aliphatic hydroxyl groups is 1. The van der Waals surface area contributed by atoms with Crippen LogP contribution < -0.4 is 10.5 Å². The number of aromatic nitrogens is 4. The molecule has 0 aliphatic heterocycles. The molecule has 0 amide bonds. The van der Waals surface area contributed by atoms with Gasteiger partial charge >= 0.3 is 0 Å². The third-order valence-electron chi connectivity index (χ3n) is 2.60. The van der Waals surface area contributed by atoms with E-state index in [0.29, 0.717) is 22.8 Å². The zero-order valence-electron chi connectivity index (χ0n) is 10.2. The summed E-state index contributed by atoms with van der Waals surface area (Å²) in [7, 11) is 3.20. The third kappa shape index (κ3) is 2.40. The molecular weight excluding hydrogens is 234 g/mol. The highest BCUT2D eigenvalue weighted by Crippen LogP contribution is 2.30. The van der Waals surface area contributed by atoms with Crippen molar-refractivity contribution in [1.82, 2.24) is 20.2 Å². The number of nitrogens with two attached hydrogens (primary N) is 1. The molecule has 18 heavy (non-hydrogen) atoms. The van der Waals surface area contributed by atoms with Crippen molar-refractivity contribution in [3.05, 3.63) is 29.6 Å². The van der Waals surface area contributed by atoms with Crippen LogP contribution in [0.15, 0.2) is 18.2 Å². The summed E-state index contributed by atoms with van der Waals surface area (Å²) in [5.74, 6) is 1.01. The lowest BCUT2D eigenvalue weighted by atomic mass is 10.0. The molecule has 96 valence electrons. The maximum absolute atomic E-state index is 10.1. The fraction of sp³-hybridized carbons (Fsp3) is 0.364. The van der Waals surface area contributed by atoms with Gasteiger partial charge in [0.2, 0.25) is 0 Å². The van der Waals surface area contributed by atoms with E-state index in [9.17, 15) is 5.11 Å². The van der Waals surface area contributed by atoms with Crippen LogP contribution in [0.4, 0.5) is 5.69 Å². The summed E-state index contributed by atoms with van der Waals surface area (Å²) in [5.41, 5.74) is 6.93. The molecule has 1 unspecified atom stereocenters. The minimum absolute atomic E-state index is 0.255. The molecule has 7 nitrogen and oxygen atoms in total. The van der Waals surface area contributed by atoms with Crippen molar-refractivity contribution in [2.45, 2.75) is 12.5 Å². The topological polar surface area (TPSA) is 99.1 Å². The lowest BCUT2D eigenvalue weighted by Gasteiger charge is -2.14. The van der Waals surface area contributed by atoms with Gasteiger partial charge in [0.15, 0.2) is 5.82 Å². The first kappa shape index (κ1) is 12.3. The lowest BCUT2D eigenvalue weighted by molar-refractivity contribution is 0.176. The van der Waals surface area contributed by atoms with Gasteiger partial charge in [-0.25, -0.2) is 0 Å². The Balaban J connectivity index is 2.21. The first-order valence-corrected chi connectivity index (χ1v) is 5.45. The van der Waals surface area contributed by atoms with Crippen molar-refractivity contribution in [1.29, 1.82) is 0 Å². The number of hydrogen-bond acceptors (Lipinski definition) is 6. The summed E-state index contributed by atoms with van der Waals surface area (Å²) in [6.07, 6.45) is -0.533. The summed E-state index contributed by atoms with van der Waals surface area (Å²) in [6, 6.07) is 5.27. The van der Waals surface area contributed by atoms with E-state index in [2.05, 4.69) is 15.4 Å². The van der Waals surface area contributed by atoms with Gasteiger partial charge in [0, 0.05) is 12.0 Å². The van der Waals surface area contributed by atoms with Gasteiger partial charge in [-0.1, -0.05) is 12.1 Å². The molecule has 0 bridgehead atoms. The third-order valence-corrected chi connectivity index (χ3v) is 2.60. The summed E-state index contributed by atoms with van der Waals surface area (Å²) in [4.78, 5) is 1.34. The van der Waals surface area contributed by atoms with Crippen LogP contribution in [0.2, 0.25) is 0 Å². The second-order valence-electron chi connectivity index (χ2n) is 3.88. The largest absolute Gasteiger partial charge is 0.495 e. The van der Waals surface area contributed by atoms with Crippen molar-refractivity contribution in [2.24, 2.45) is 7.05 Å². The van der Waals surface area contributed by atoms with Crippen molar-refractivity contribution in [2.75, 3.05) is 12.8 Å². The van der Waals surface area contributed by atoms with E-state index in [4.69, 9.17) is 10.5 Å². The van der Waals surface area contributed by atoms with E-state index in [0.717, 1.165) is 0 Å². The van der Waals surface area contributed by atoms with E-state index in [1.807, 2.05) is 0 Å². The quantitative estimate of drug-likeness (QED) is 0.744. The van der Waals surface area contributed by atoms with E-state index in [1.54, 1.807) is 25.2 Å². The average molecular weight is 249 g/mol. The number of anilines is 1. The Kier molecular flexibility index (Phi) is 3.42. The fourth-order valence-electron chi connectivity index (χ4n) is 1.72. The molecule has 0 spiro atoms. The summed E-state index contributed by atoms with van der Waals surface area (Å²) >= 11 is 0. The van der Waals surface area contributed by atoms with Crippen molar-refractivity contribution >= 4 is 5.69 Å². The monoisotopic (exact) mass is 249 g/mol. The van der Waals surface area contributed by atoms with Gasteiger partial charge in [-0.15, -0.1) is 10.2 Å². The van der Waals surface area contributed by atoms with E-state index in [1.165, 1.54) is 11.9 Å². The Morgan fingerprint density at radius 3 is 2.89 bits per heavy atom. The molecule has 2 rings (SSSR count). The number of tetrazole rings is 1. The molecule has 0 aliphatic rings. The standard InChI is InChI=1S/C11H15N5O2/c1-16-14-10(13-15-16)6-8(17)7-4-3-5-9(18-2)11(7)12/h3-5,8,17H,6,12H2,1-2H3. The molecule has 0 saturated carbocycles. The maximum Gasteiger partial charge on any atom is 0.177 e. The number of ether oxygens (including phenoxy) is 1. The van der Waals surface area contributed by atoms with E-state index < -0.39 is 6.10 Å². The number of para-hydroxylation sites is 1. The van der Waals surface area contributed by atoms with Crippen LogP contribution >= 0.6 is 0 Å². The molecule has 3 N–H and O–H groups in total. The minimum atomic E-state index is -0.788. The number of hydrogen-bond donors (Lipinski definition) is 2. The zero-order valence-corrected chi connectivity index (χ0v) is 10.2. The zero-order chi connectivity index (χ0) is 13.1. The molecule has 1 atom stereocenters. The Morgan fingerprint density at radius 2 is 2.28 bits per heavy atom. The predicted octanol–water partition coefficient (Wildman–Crippen LogP) is 0.0770. The number of methoxy groups -OCH3 is 1. The van der Waals surface area contributed by atoms with E-state index >= 15 is 0 Å². The van der Waals surface area contributed by atoms with Gasteiger partial charge in [0.25, 0.3) is 0 Å². The molecule has 1 heterocycles. The highest BCUT2D eigenvalue weighted by Gasteiger charge is 2.16. The lowest BCUT2D eigenvalue weighted by Crippen LogP contribution is -2.07. The number of nitrogen functional groups attached to an aromatic ring is 1. The fourth-order valence-corrected chi connectivity index (χ4v) is 1.72. The minimum Gasteiger partial charge on any atom is -0.495 e. The van der Waals surface area contributed by atoms with Gasteiger partial charge in [-0.05, 0) is 11.3 Å². The summed E-state index contributed by atoms with van der Waals surface area (Å²) < 4.78 is 5.11. The number of benzene rings is 1. The summed E-state index contributed by atoms with van der Waals surface area (Å²) in [5, 5.41) is 21.7. The number of nitrogens with zero attached hydrogens (tertiary/aromatic N) is 4. The van der Waals surface area contributed by atoms with Crippen molar-refractivity contribution < 1.29 is 9.84 Å². The molecule has 7 heteroatoms. The SMILES string of the molecule is COc1cccc(C(O)Cc2nnn(C)n2)c1N.